The number of amides is 1. The zero-order chi connectivity index (χ0) is 29.0. The Morgan fingerprint density at radius 2 is 1.98 bits per heavy atom. The summed E-state index contributed by atoms with van der Waals surface area (Å²) in [5.74, 6) is 2.30. The number of hydrogen-bond acceptors (Lipinski definition) is 7. The van der Waals surface area contributed by atoms with Crippen molar-refractivity contribution in [2.45, 2.75) is 44.8 Å². The topological polar surface area (TPSA) is 113 Å². The van der Waals surface area contributed by atoms with Gasteiger partial charge in [-0.05, 0) is 48.9 Å². The second-order valence-electron chi connectivity index (χ2n) is 11.9. The molecule has 2 N–H and O–H groups in total. The van der Waals surface area contributed by atoms with Gasteiger partial charge in [0, 0.05) is 61.5 Å². The summed E-state index contributed by atoms with van der Waals surface area (Å²) in [4.78, 5) is 27.4. The summed E-state index contributed by atoms with van der Waals surface area (Å²) < 4.78 is 8.23. The number of likely N-dealkylation sites (tertiary alicyclic amines) is 1. The number of rotatable bonds is 7. The predicted molar refractivity (Wildman–Crippen MR) is 161 cm³/mol. The molecule has 1 saturated carbocycles. The summed E-state index contributed by atoms with van der Waals surface area (Å²) >= 11 is 0. The lowest BCUT2D eigenvalue weighted by Gasteiger charge is -2.41. The van der Waals surface area contributed by atoms with Crippen molar-refractivity contribution in [3.63, 3.8) is 0 Å². The molecule has 3 aliphatic rings. The third kappa shape index (κ3) is 4.29. The molecular weight excluding hydrogens is 526 g/mol. The fourth-order valence-corrected chi connectivity index (χ4v) is 7.20. The summed E-state index contributed by atoms with van der Waals surface area (Å²) in [7, 11) is 1.66. The van der Waals surface area contributed by atoms with E-state index in [0.29, 0.717) is 28.7 Å². The number of nitrogens with zero attached hydrogens (tertiary/aromatic N) is 6. The zero-order valence-corrected chi connectivity index (χ0v) is 24.0. The van der Waals surface area contributed by atoms with Gasteiger partial charge in [0.15, 0.2) is 0 Å². The number of ether oxygens (including phenoxy) is 1. The minimum Gasteiger partial charge on any atom is -0.494 e. The fourth-order valence-electron chi connectivity index (χ4n) is 7.20. The van der Waals surface area contributed by atoms with Crippen molar-refractivity contribution in [3.8, 4) is 23.2 Å². The van der Waals surface area contributed by atoms with Crippen LogP contribution in [0, 0.1) is 23.2 Å². The van der Waals surface area contributed by atoms with Gasteiger partial charge in [0.25, 0.3) is 5.91 Å². The molecule has 7 rings (SSSR count). The first kappa shape index (κ1) is 26.5. The number of nitrogens with two attached hydrogens (primary N) is 1. The minimum atomic E-state index is 0.00533. The van der Waals surface area contributed by atoms with Crippen LogP contribution in [0.3, 0.4) is 0 Å². The van der Waals surface area contributed by atoms with Gasteiger partial charge in [-0.1, -0.05) is 31.2 Å². The number of nitriles is 1. The molecule has 2 aromatic heterocycles. The first-order valence-corrected chi connectivity index (χ1v) is 14.8. The number of imidazole rings is 1. The Morgan fingerprint density at radius 1 is 1.14 bits per heavy atom. The second-order valence-corrected chi connectivity index (χ2v) is 11.9. The molecule has 0 spiro atoms. The number of hydrogen-bond donors (Lipinski definition) is 1. The standard InChI is InChI=1S/C33H35N7O2/c1-3-22-6-4-5-7-26(22)32-37-27-11-24(33(41)39-19-23-8-9-28(39)30(23)35)12-29(42-2)31(27)40(32)18-21-16-38(17-21)25-10-20(13-34)14-36-15-25/h4-7,10-12,14-15,21,23,28,30H,3,8-9,16-19,35H2,1-2H3/t23?,28?,30-/m1/s1. The summed E-state index contributed by atoms with van der Waals surface area (Å²) in [6.45, 7) is 5.33. The normalized spacial score (nSPS) is 21.5. The number of fused-ring (bicyclic) bond motifs is 3. The number of anilines is 1. The van der Waals surface area contributed by atoms with E-state index >= 15 is 0 Å². The van der Waals surface area contributed by atoms with Gasteiger partial charge in [0.2, 0.25) is 0 Å². The average molecular weight is 562 g/mol. The highest BCUT2D eigenvalue weighted by Crippen LogP contribution is 2.40. The van der Waals surface area contributed by atoms with Crippen molar-refractivity contribution in [3.05, 3.63) is 71.5 Å². The third-order valence-electron chi connectivity index (χ3n) is 9.44. The van der Waals surface area contributed by atoms with E-state index < -0.39 is 0 Å². The Labute approximate surface area is 245 Å². The zero-order valence-electron chi connectivity index (χ0n) is 24.0. The van der Waals surface area contributed by atoms with Gasteiger partial charge < -0.3 is 24.8 Å². The van der Waals surface area contributed by atoms with E-state index in [1.807, 2.05) is 29.3 Å². The summed E-state index contributed by atoms with van der Waals surface area (Å²) in [6.07, 6.45) is 6.36. The molecule has 42 heavy (non-hydrogen) atoms. The molecule has 2 aromatic carbocycles. The Balaban J connectivity index is 1.26. The smallest absolute Gasteiger partial charge is 0.254 e. The number of aryl methyl sites for hydroxylation is 1. The summed E-state index contributed by atoms with van der Waals surface area (Å²) in [5, 5.41) is 9.28. The van der Waals surface area contributed by atoms with Gasteiger partial charge in [-0.15, -0.1) is 0 Å². The maximum Gasteiger partial charge on any atom is 0.254 e. The number of piperidine rings is 1. The second kappa shape index (κ2) is 10.4. The lowest BCUT2D eigenvalue weighted by molar-refractivity contribution is 0.0700. The molecule has 2 unspecified atom stereocenters. The molecular formula is C33H35N7O2. The van der Waals surface area contributed by atoms with Crippen LogP contribution in [0.1, 0.15) is 41.3 Å². The third-order valence-corrected chi connectivity index (χ3v) is 9.44. The minimum absolute atomic E-state index is 0.00533. The molecule has 214 valence electrons. The van der Waals surface area contributed by atoms with Crippen LogP contribution in [0.2, 0.25) is 0 Å². The molecule has 0 radical (unpaired) electrons. The number of carbonyl (C=O) groups is 1. The van der Waals surface area contributed by atoms with Gasteiger partial charge in [0.05, 0.1) is 30.1 Å². The number of aromatic nitrogens is 3. The molecule has 3 fully saturated rings. The quantitative estimate of drug-likeness (QED) is 0.359. The van der Waals surface area contributed by atoms with E-state index in [1.165, 1.54) is 5.56 Å². The van der Waals surface area contributed by atoms with Crippen molar-refractivity contribution >= 4 is 22.6 Å². The Kier molecular flexibility index (Phi) is 6.59. The number of methoxy groups -OCH3 is 1. The maximum atomic E-state index is 13.8. The van der Waals surface area contributed by atoms with Crippen LogP contribution in [-0.2, 0) is 13.0 Å². The van der Waals surface area contributed by atoms with Gasteiger partial charge in [0.1, 0.15) is 23.2 Å². The molecule has 2 bridgehead atoms. The van der Waals surface area contributed by atoms with Gasteiger partial charge in [-0.25, -0.2) is 4.98 Å². The molecule has 4 aromatic rings. The van der Waals surface area contributed by atoms with Crippen LogP contribution < -0.4 is 15.4 Å². The van der Waals surface area contributed by atoms with E-state index in [0.717, 1.165) is 73.6 Å². The molecule has 2 saturated heterocycles. The van der Waals surface area contributed by atoms with E-state index in [1.54, 1.807) is 13.3 Å². The first-order valence-electron chi connectivity index (χ1n) is 14.8. The molecule has 9 heteroatoms. The first-order chi connectivity index (χ1) is 20.5. The van der Waals surface area contributed by atoms with Crippen molar-refractivity contribution in [1.82, 2.24) is 19.4 Å². The van der Waals surface area contributed by atoms with Crippen molar-refractivity contribution in [1.29, 1.82) is 5.26 Å². The van der Waals surface area contributed by atoms with E-state index in [-0.39, 0.29) is 18.0 Å². The van der Waals surface area contributed by atoms with Gasteiger partial charge in [-0.2, -0.15) is 5.26 Å². The van der Waals surface area contributed by atoms with Crippen LogP contribution in [0.5, 0.6) is 5.75 Å². The SMILES string of the molecule is CCc1ccccc1-c1nc2cc(C(=O)N3CC4CCC3[C@@H]4N)cc(OC)c2n1CC1CN(c2cncc(C#N)c2)C1. The summed E-state index contributed by atoms with van der Waals surface area (Å²) in [6, 6.07) is 16.4. The molecule has 3 atom stereocenters. The van der Waals surface area contributed by atoms with Gasteiger partial charge >= 0.3 is 0 Å². The van der Waals surface area contributed by atoms with Crippen LogP contribution >= 0.6 is 0 Å². The molecule has 9 nitrogen and oxygen atoms in total. The number of benzene rings is 2. The van der Waals surface area contributed by atoms with Crippen LogP contribution in [0.15, 0.2) is 54.9 Å². The highest BCUT2D eigenvalue weighted by molar-refractivity contribution is 6.00. The lowest BCUT2D eigenvalue weighted by Crippen LogP contribution is -2.48. The predicted octanol–water partition coefficient (Wildman–Crippen LogP) is 4.24. The molecule has 1 aliphatic carbocycles. The van der Waals surface area contributed by atoms with Crippen molar-refractivity contribution < 1.29 is 9.53 Å². The van der Waals surface area contributed by atoms with Gasteiger partial charge in [-0.3, -0.25) is 9.78 Å². The van der Waals surface area contributed by atoms with E-state index in [2.05, 4.69) is 51.7 Å². The number of pyridine rings is 1. The maximum absolute atomic E-state index is 13.8. The van der Waals surface area contributed by atoms with E-state index in [4.69, 9.17) is 15.5 Å². The van der Waals surface area contributed by atoms with Crippen LogP contribution in [0.25, 0.3) is 22.4 Å². The van der Waals surface area contributed by atoms with Crippen molar-refractivity contribution in [2.24, 2.45) is 17.6 Å². The highest BCUT2D eigenvalue weighted by Gasteiger charge is 2.47. The monoisotopic (exact) mass is 561 g/mol. The average Bonchev–Trinajstić information content (AvgIpc) is 3.66. The Morgan fingerprint density at radius 3 is 2.69 bits per heavy atom. The largest absolute Gasteiger partial charge is 0.494 e. The van der Waals surface area contributed by atoms with E-state index in [9.17, 15) is 10.1 Å². The fraction of sp³-hybridized carbons (Fsp3) is 0.394. The Hall–Kier alpha value is -4.42. The number of carbonyl (C=O) groups excluding carboxylic acids is 1. The summed E-state index contributed by atoms with van der Waals surface area (Å²) in [5.41, 5.74) is 12.5. The van der Waals surface area contributed by atoms with Crippen LogP contribution in [0.4, 0.5) is 5.69 Å². The van der Waals surface area contributed by atoms with Crippen LogP contribution in [-0.4, -0.2) is 64.2 Å². The lowest BCUT2D eigenvalue weighted by atomic mass is 9.98. The highest BCUT2D eigenvalue weighted by atomic mass is 16.5. The Bertz CT molecular complexity index is 1720. The molecule has 1 amide bonds. The molecule has 2 aliphatic heterocycles. The van der Waals surface area contributed by atoms with Crippen molar-refractivity contribution in [2.75, 3.05) is 31.6 Å². The molecule has 4 heterocycles.